The topological polar surface area (TPSA) is 0 Å². The van der Waals surface area contributed by atoms with Gasteiger partial charge in [0.05, 0.1) is 0 Å². The molecule has 2 heteroatoms. The molecule has 0 saturated carbocycles. The molecule has 12 aromatic rings. The van der Waals surface area contributed by atoms with E-state index in [0.717, 1.165) is 24.6 Å². The summed E-state index contributed by atoms with van der Waals surface area (Å²) in [6.45, 7) is 0. The predicted octanol–water partition coefficient (Wildman–Crippen LogP) is 17.2. The minimum absolute atomic E-state index is 0.703. The molecule has 0 atom stereocenters. The molecule has 0 radical (unpaired) electrons. The van der Waals surface area contributed by atoms with E-state index in [1.165, 1.54) is 131 Å². The molecule has 0 amide bonds. The number of benzene rings is 12. The zero-order valence-corrected chi connectivity index (χ0v) is 38.3. The van der Waals surface area contributed by atoms with Gasteiger partial charge in [-0.25, -0.2) is 0 Å². The van der Waals surface area contributed by atoms with Gasteiger partial charge in [-0.2, -0.15) is 0 Å². The zero-order valence-electron chi connectivity index (χ0n) is 36.5. The van der Waals surface area contributed by atoms with Crippen LogP contribution >= 0.6 is 15.8 Å². The summed E-state index contributed by atoms with van der Waals surface area (Å²) < 4.78 is 0. The molecular weight excluding hydrogens is 831 g/mol. The first kappa shape index (κ1) is 38.3. The highest BCUT2D eigenvalue weighted by Gasteiger charge is 2.32. The van der Waals surface area contributed by atoms with Crippen LogP contribution in [0.15, 0.2) is 218 Å². The van der Waals surface area contributed by atoms with Crippen LogP contribution in [0.2, 0.25) is 0 Å². The van der Waals surface area contributed by atoms with Gasteiger partial charge in [-0.1, -0.05) is 234 Å². The van der Waals surface area contributed by atoms with E-state index in [1.54, 1.807) is 0 Å². The molecule has 0 bridgehead atoms. The van der Waals surface area contributed by atoms with E-state index in [-0.39, 0.29) is 0 Å². The summed E-state index contributed by atoms with van der Waals surface area (Å²) in [6, 6.07) is 83.9. The fourth-order valence-corrected chi connectivity index (χ4v) is 17.1. The molecule has 0 unspecified atom stereocenters. The highest BCUT2D eigenvalue weighted by atomic mass is 31.1. The minimum Gasteiger partial charge on any atom is -0.0656 e. The standard InChI is InChI=1S/C64H44P2/c1-7-19-51-41(13-1)25-29-47-37-65(38-48-30-26-42-14-2-8-20-52(42)60(48)59(47)51)57-35-33-45-17-5-11-23-55(45)63(57)64-56-24-12-6-18-46(56)34-36-58(64)66-39-49-31-27-43-15-3-9-21-53(43)61(49)62-50(40-66)32-28-44-16-4-10-22-54(44)62/h1-36H,37-40H2. The lowest BCUT2D eigenvalue weighted by molar-refractivity contribution is 1.40. The molecule has 2 aliphatic rings. The highest BCUT2D eigenvalue weighted by molar-refractivity contribution is 7.65. The van der Waals surface area contributed by atoms with E-state index in [2.05, 4.69) is 218 Å². The average Bonchev–Trinajstić information content (AvgIpc) is 3.67. The second-order valence-corrected chi connectivity index (χ2v) is 22.7. The summed E-state index contributed by atoms with van der Waals surface area (Å²) in [5.41, 5.74) is 14.5. The number of fused-ring (bicyclic) bond motifs is 16. The molecule has 0 saturated heterocycles. The molecule has 0 aliphatic carbocycles. The Morgan fingerprint density at radius 2 is 0.409 bits per heavy atom. The van der Waals surface area contributed by atoms with Gasteiger partial charge in [-0.15, -0.1) is 0 Å². The van der Waals surface area contributed by atoms with Crippen LogP contribution in [-0.4, -0.2) is 0 Å². The lowest BCUT2D eigenvalue weighted by atomic mass is 9.88. The van der Waals surface area contributed by atoms with Crippen molar-refractivity contribution in [3.8, 4) is 33.4 Å². The molecule has 66 heavy (non-hydrogen) atoms. The number of hydrogen-bond donors (Lipinski definition) is 0. The van der Waals surface area contributed by atoms with Crippen molar-refractivity contribution in [3.05, 3.63) is 241 Å². The summed E-state index contributed by atoms with van der Waals surface area (Å²) in [6.07, 6.45) is 4.11. The molecule has 2 aliphatic heterocycles. The molecule has 14 rings (SSSR count). The Morgan fingerprint density at radius 3 is 0.667 bits per heavy atom. The first-order valence-electron chi connectivity index (χ1n) is 23.3. The first-order valence-corrected chi connectivity index (χ1v) is 26.7. The van der Waals surface area contributed by atoms with Gasteiger partial charge in [-0.3, -0.25) is 0 Å². The van der Waals surface area contributed by atoms with Gasteiger partial charge < -0.3 is 0 Å². The van der Waals surface area contributed by atoms with E-state index in [9.17, 15) is 0 Å². The lowest BCUT2D eigenvalue weighted by Crippen LogP contribution is -2.15. The van der Waals surface area contributed by atoms with Crippen molar-refractivity contribution in [2.24, 2.45) is 0 Å². The minimum atomic E-state index is -0.703. The third kappa shape index (κ3) is 5.99. The van der Waals surface area contributed by atoms with Crippen molar-refractivity contribution in [2.75, 3.05) is 0 Å². The van der Waals surface area contributed by atoms with Crippen molar-refractivity contribution in [1.82, 2.24) is 0 Å². The van der Waals surface area contributed by atoms with Crippen molar-refractivity contribution in [3.63, 3.8) is 0 Å². The van der Waals surface area contributed by atoms with Gasteiger partial charge in [0.2, 0.25) is 0 Å². The SMILES string of the molecule is c1ccc2c3c(ccc2c1)CP(c1ccc2ccccc2c1-c1c(P2Cc4ccc5ccccc5c4-c4c(ccc5ccccc45)C2)ccc2ccccc12)Cc1ccc2ccccc2c1-3. The Labute approximate surface area is 387 Å². The number of hydrogen-bond acceptors (Lipinski definition) is 0. The molecule has 0 nitrogen and oxygen atoms in total. The van der Waals surface area contributed by atoms with Gasteiger partial charge in [0.1, 0.15) is 0 Å². The van der Waals surface area contributed by atoms with Crippen molar-refractivity contribution in [1.29, 1.82) is 0 Å². The monoisotopic (exact) mass is 874 g/mol. The van der Waals surface area contributed by atoms with Crippen molar-refractivity contribution < 1.29 is 0 Å². The van der Waals surface area contributed by atoms with Gasteiger partial charge >= 0.3 is 0 Å². The van der Waals surface area contributed by atoms with Crippen LogP contribution in [0.4, 0.5) is 0 Å². The molecular formula is C64H44P2. The van der Waals surface area contributed by atoms with Crippen LogP contribution in [-0.2, 0) is 24.6 Å². The third-order valence-corrected chi connectivity index (χ3v) is 19.7. The van der Waals surface area contributed by atoms with Crippen molar-refractivity contribution >= 4 is 91.1 Å². The summed E-state index contributed by atoms with van der Waals surface area (Å²) in [7, 11) is -1.41. The molecule has 0 N–H and O–H groups in total. The second kappa shape index (κ2) is 15.3. The lowest BCUT2D eigenvalue weighted by Gasteiger charge is -2.27. The van der Waals surface area contributed by atoms with Crippen LogP contribution in [0.5, 0.6) is 0 Å². The molecule has 0 spiro atoms. The summed E-state index contributed by atoms with van der Waals surface area (Å²) >= 11 is 0. The maximum Gasteiger partial charge on any atom is -0.00155 e. The molecule has 0 aromatic heterocycles. The first-order chi connectivity index (χ1) is 32.7. The van der Waals surface area contributed by atoms with Gasteiger partial charge in [0, 0.05) is 0 Å². The normalized spacial score (nSPS) is 14.0. The Kier molecular flexibility index (Phi) is 8.90. The van der Waals surface area contributed by atoms with Crippen LogP contribution in [0, 0.1) is 0 Å². The highest BCUT2D eigenvalue weighted by Crippen LogP contribution is 2.57. The molecule has 310 valence electrons. The largest absolute Gasteiger partial charge is 0.0656 e. The Balaban J connectivity index is 1.04. The van der Waals surface area contributed by atoms with E-state index in [1.807, 2.05) is 0 Å². The third-order valence-electron chi connectivity index (χ3n) is 14.8. The van der Waals surface area contributed by atoms with Crippen LogP contribution < -0.4 is 10.6 Å². The molecule has 12 aromatic carbocycles. The smallest absolute Gasteiger partial charge is 0.00155 e. The quantitative estimate of drug-likeness (QED) is 0.155. The Hall–Kier alpha value is -6.94. The fraction of sp³-hybridized carbons (Fsp3) is 0.0625. The summed E-state index contributed by atoms with van der Waals surface area (Å²) in [5, 5.41) is 19.0. The zero-order chi connectivity index (χ0) is 43.3. The second-order valence-electron chi connectivity index (χ2n) is 18.4. The van der Waals surface area contributed by atoms with E-state index in [0.29, 0.717) is 0 Å². The Morgan fingerprint density at radius 1 is 0.197 bits per heavy atom. The Bertz CT molecular complexity index is 3540. The fourth-order valence-electron chi connectivity index (χ4n) is 11.8. The molecule has 0 fully saturated rings. The van der Waals surface area contributed by atoms with Gasteiger partial charge in [-0.05, 0) is 156 Å². The maximum absolute atomic E-state index is 2.55. The number of rotatable bonds is 3. The maximum atomic E-state index is 2.55. The summed E-state index contributed by atoms with van der Waals surface area (Å²) in [4.78, 5) is 0. The van der Waals surface area contributed by atoms with Crippen LogP contribution in [0.25, 0.3) is 98.0 Å². The van der Waals surface area contributed by atoms with Gasteiger partial charge in [0.15, 0.2) is 0 Å². The van der Waals surface area contributed by atoms with E-state index >= 15 is 0 Å². The van der Waals surface area contributed by atoms with Crippen LogP contribution in [0.3, 0.4) is 0 Å². The van der Waals surface area contributed by atoms with Gasteiger partial charge in [0.25, 0.3) is 0 Å². The van der Waals surface area contributed by atoms with Crippen LogP contribution in [0.1, 0.15) is 22.3 Å². The van der Waals surface area contributed by atoms with E-state index < -0.39 is 15.8 Å². The molecule has 2 heterocycles. The van der Waals surface area contributed by atoms with Crippen molar-refractivity contribution in [2.45, 2.75) is 24.6 Å². The average molecular weight is 875 g/mol. The van der Waals surface area contributed by atoms with E-state index in [4.69, 9.17) is 0 Å². The summed E-state index contributed by atoms with van der Waals surface area (Å²) in [5.74, 6) is 0. The predicted molar refractivity (Wildman–Crippen MR) is 289 cm³/mol.